The van der Waals surface area contributed by atoms with Crippen LogP contribution in [-0.2, 0) is 0 Å². The van der Waals surface area contributed by atoms with Crippen LogP contribution in [0, 0.1) is 0 Å². The molecule has 0 aliphatic heterocycles. The van der Waals surface area contributed by atoms with Gasteiger partial charge in [0.1, 0.15) is 5.69 Å². The third-order valence-electron chi connectivity index (χ3n) is 1.42. The van der Waals surface area contributed by atoms with Crippen LogP contribution in [0.2, 0.25) is 0 Å². The molecule has 0 saturated heterocycles. The molecule has 3 nitrogen and oxygen atoms in total. The number of hydrogen-bond donors (Lipinski definition) is 1. The van der Waals surface area contributed by atoms with Gasteiger partial charge in [0.15, 0.2) is 0 Å². The van der Waals surface area contributed by atoms with Crippen molar-refractivity contribution in [1.29, 1.82) is 0 Å². The van der Waals surface area contributed by atoms with Crippen molar-refractivity contribution in [2.45, 2.75) is 6.43 Å². The van der Waals surface area contributed by atoms with Crippen LogP contribution in [0.25, 0.3) is 0 Å². The van der Waals surface area contributed by atoms with E-state index in [1.807, 2.05) is 0 Å². The van der Waals surface area contributed by atoms with Gasteiger partial charge in [0.05, 0.1) is 10.0 Å². The van der Waals surface area contributed by atoms with Gasteiger partial charge in [0, 0.05) is 10.7 Å². The van der Waals surface area contributed by atoms with Gasteiger partial charge < -0.3 is 5.11 Å². The van der Waals surface area contributed by atoms with Crippen molar-refractivity contribution in [2.24, 2.45) is 0 Å². The maximum Gasteiger partial charge on any atom is 0.338 e. The summed E-state index contributed by atoms with van der Waals surface area (Å²) < 4.78 is 24.6. The largest absolute Gasteiger partial charge is 0.478 e. The summed E-state index contributed by atoms with van der Waals surface area (Å²) in [4.78, 5) is 13.9. The van der Waals surface area contributed by atoms with E-state index >= 15 is 0 Å². The number of carbonyl (C=O) groups is 1. The molecule has 1 aromatic heterocycles. The fourth-order valence-electron chi connectivity index (χ4n) is 0.779. The molecule has 1 N–H and O–H groups in total. The third kappa shape index (κ3) is 2.09. The van der Waals surface area contributed by atoms with E-state index in [0.29, 0.717) is 0 Å². The van der Waals surface area contributed by atoms with Crippen molar-refractivity contribution >= 4 is 37.8 Å². The van der Waals surface area contributed by atoms with Crippen molar-refractivity contribution in [3.63, 3.8) is 0 Å². The molecule has 1 rings (SSSR count). The van der Waals surface area contributed by atoms with Gasteiger partial charge in [-0.05, 0) is 31.9 Å². The highest BCUT2D eigenvalue weighted by atomic mass is 79.9. The highest BCUT2D eigenvalue weighted by molar-refractivity contribution is 9.13. The number of pyridine rings is 1. The quantitative estimate of drug-likeness (QED) is 0.905. The highest BCUT2D eigenvalue weighted by Crippen LogP contribution is 2.33. The lowest BCUT2D eigenvalue weighted by atomic mass is 10.2. The normalized spacial score (nSPS) is 10.6. The number of halogens is 4. The minimum Gasteiger partial charge on any atom is -0.478 e. The molecule has 1 aromatic rings. The van der Waals surface area contributed by atoms with Crippen LogP contribution in [0.4, 0.5) is 8.78 Å². The van der Waals surface area contributed by atoms with Gasteiger partial charge in [-0.15, -0.1) is 0 Å². The second kappa shape index (κ2) is 4.31. The molecule has 0 radical (unpaired) electrons. The zero-order chi connectivity index (χ0) is 10.9. The van der Waals surface area contributed by atoms with Gasteiger partial charge >= 0.3 is 5.97 Å². The van der Waals surface area contributed by atoms with Crippen molar-refractivity contribution < 1.29 is 18.7 Å². The number of aromatic nitrogens is 1. The van der Waals surface area contributed by atoms with Crippen LogP contribution in [0.1, 0.15) is 22.5 Å². The average Bonchev–Trinajstić information content (AvgIpc) is 2.08. The number of hydrogen-bond acceptors (Lipinski definition) is 2. The van der Waals surface area contributed by atoms with E-state index < -0.39 is 18.1 Å². The second-order valence-corrected chi connectivity index (χ2v) is 3.88. The smallest absolute Gasteiger partial charge is 0.338 e. The van der Waals surface area contributed by atoms with Crippen LogP contribution in [0.3, 0.4) is 0 Å². The SMILES string of the molecule is O=C(O)c1cnc(C(F)F)c(Br)c1Br. The molecule has 0 aliphatic rings. The molecule has 0 unspecified atom stereocenters. The standard InChI is InChI=1S/C7H3Br2F2NO2/c8-3-2(7(13)14)1-12-5(4(3)9)6(10)11/h1,6H,(H,13,14). The van der Waals surface area contributed by atoms with E-state index in [1.165, 1.54) is 0 Å². The Morgan fingerprint density at radius 1 is 1.43 bits per heavy atom. The summed E-state index contributed by atoms with van der Waals surface area (Å²) in [6.07, 6.45) is -1.86. The van der Waals surface area contributed by atoms with Gasteiger partial charge in [0.25, 0.3) is 6.43 Å². The molecule has 1 heterocycles. The first kappa shape index (κ1) is 11.5. The number of nitrogens with zero attached hydrogens (tertiary/aromatic N) is 1. The molecule has 14 heavy (non-hydrogen) atoms. The lowest BCUT2D eigenvalue weighted by Gasteiger charge is -2.06. The van der Waals surface area contributed by atoms with E-state index in [4.69, 9.17) is 5.11 Å². The van der Waals surface area contributed by atoms with Crippen LogP contribution in [-0.4, -0.2) is 16.1 Å². The number of rotatable bonds is 2. The minimum atomic E-state index is -2.75. The van der Waals surface area contributed by atoms with Gasteiger partial charge in [-0.3, -0.25) is 4.98 Å². The Morgan fingerprint density at radius 2 is 2.00 bits per heavy atom. The number of carboxylic acid groups (broad SMARTS) is 1. The zero-order valence-electron chi connectivity index (χ0n) is 6.47. The van der Waals surface area contributed by atoms with Crippen LogP contribution < -0.4 is 0 Å². The van der Waals surface area contributed by atoms with Gasteiger partial charge in [-0.1, -0.05) is 0 Å². The van der Waals surface area contributed by atoms with E-state index in [1.54, 1.807) is 0 Å². The molecule has 0 spiro atoms. The molecule has 76 valence electrons. The Balaban J connectivity index is 3.33. The third-order valence-corrected chi connectivity index (χ3v) is 3.58. The first-order valence-electron chi connectivity index (χ1n) is 3.30. The Kier molecular flexibility index (Phi) is 3.54. The monoisotopic (exact) mass is 329 g/mol. The predicted molar refractivity (Wildman–Crippen MR) is 51.6 cm³/mol. The second-order valence-electron chi connectivity index (χ2n) is 2.29. The lowest BCUT2D eigenvalue weighted by Crippen LogP contribution is -2.02. The fraction of sp³-hybridized carbons (Fsp3) is 0.143. The number of aromatic carboxylic acids is 1. The number of carboxylic acids is 1. The van der Waals surface area contributed by atoms with E-state index in [-0.39, 0.29) is 14.5 Å². The fourth-order valence-corrected chi connectivity index (χ4v) is 1.74. The molecule has 0 bridgehead atoms. The molecule has 0 aromatic carbocycles. The minimum absolute atomic E-state index is 0.0348. The Morgan fingerprint density at radius 3 is 2.43 bits per heavy atom. The van der Waals surface area contributed by atoms with Crippen LogP contribution in [0.5, 0.6) is 0 Å². The molecule has 0 aliphatic carbocycles. The Hall–Kier alpha value is -0.560. The topological polar surface area (TPSA) is 50.2 Å². The van der Waals surface area contributed by atoms with Crippen LogP contribution in [0.15, 0.2) is 15.1 Å². The summed E-state index contributed by atoms with van der Waals surface area (Å²) in [5.41, 5.74) is -0.650. The molecule has 0 saturated carbocycles. The zero-order valence-corrected chi connectivity index (χ0v) is 9.64. The van der Waals surface area contributed by atoms with E-state index in [2.05, 4.69) is 36.8 Å². The summed E-state index contributed by atoms with van der Waals surface area (Å²) in [5.74, 6) is -1.23. The molecule has 7 heteroatoms. The van der Waals surface area contributed by atoms with Crippen molar-refractivity contribution in [3.05, 3.63) is 26.4 Å². The molecule has 0 atom stereocenters. The molecule has 0 amide bonds. The van der Waals surface area contributed by atoms with E-state index in [0.717, 1.165) is 6.20 Å². The van der Waals surface area contributed by atoms with Crippen molar-refractivity contribution in [1.82, 2.24) is 4.98 Å². The summed E-state index contributed by atoms with van der Waals surface area (Å²) in [6.45, 7) is 0. The Labute approximate surface area is 94.4 Å². The molecular weight excluding hydrogens is 328 g/mol. The van der Waals surface area contributed by atoms with Gasteiger partial charge in [-0.25, -0.2) is 13.6 Å². The summed E-state index contributed by atoms with van der Waals surface area (Å²) >= 11 is 5.75. The van der Waals surface area contributed by atoms with Crippen molar-refractivity contribution in [2.75, 3.05) is 0 Å². The van der Waals surface area contributed by atoms with Gasteiger partial charge in [-0.2, -0.15) is 0 Å². The number of alkyl halides is 2. The van der Waals surface area contributed by atoms with Crippen molar-refractivity contribution in [3.8, 4) is 0 Å². The van der Waals surface area contributed by atoms with Gasteiger partial charge in [0.2, 0.25) is 0 Å². The summed E-state index contributed by atoms with van der Waals surface area (Å²) in [5, 5.41) is 8.64. The maximum atomic E-state index is 12.3. The maximum absolute atomic E-state index is 12.3. The first-order valence-corrected chi connectivity index (χ1v) is 4.89. The molecule has 0 fully saturated rings. The summed E-state index contributed by atoms with van der Waals surface area (Å²) in [6, 6.07) is 0. The Bertz CT molecular complexity index is 384. The first-order chi connectivity index (χ1) is 6.45. The lowest BCUT2D eigenvalue weighted by molar-refractivity contribution is 0.0694. The average molecular weight is 331 g/mol. The van der Waals surface area contributed by atoms with E-state index in [9.17, 15) is 13.6 Å². The predicted octanol–water partition coefficient (Wildman–Crippen LogP) is 3.24. The summed E-state index contributed by atoms with van der Waals surface area (Å²) in [7, 11) is 0. The van der Waals surface area contributed by atoms with Crippen LogP contribution >= 0.6 is 31.9 Å². The molecular formula is C7H3Br2F2NO2. The highest BCUT2D eigenvalue weighted by Gasteiger charge is 2.20.